The maximum Gasteiger partial charge on any atom is 0.132 e. The van der Waals surface area contributed by atoms with E-state index in [-0.39, 0.29) is 0 Å². The normalized spacial score (nSPS) is 33.2. The minimum atomic E-state index is 0.724. The lowest BCUT2D eigenvalue weighted by atomic mass is 10.0. The van der Waals surface area contributed by atoms with E-state index in [2.05, 4.69) is 25.8 Å². The van der Waals surface area contributed by atoms with Crippen LogP contribution in [-0.2, 0) is 0 Å². The van der Waals surface area contributed by atoms with Gasteiger partial charge in [0.1, 0.15) is 12.1 Å². The average molecular weight is 284 g/mol. The molecule has 4 heteroatoms. The zero-order chi connectivity index (χ0) is 13.8. The summed E-state index contributed by atoms with van der Waals surface area (Å²) in [5.74, 6) is 3.91. The molecule has 0 radical (unpaired) electrons. The molecule has 4 aliphatic rings. The first-order chi connectivity index (χ1) is 10.4. The topological polar surface area (TPSA) is 32.3 Å². The van der Waals surface area contributed by atoms with E-state index in [1.165, 1.54) is 64.0 Å². The molecule has 0 bridgehead atoms. The Morgan fingerprint density at radius 1 is 0.905 bits per heavy atom. The molecule has 1 aromatic heterocycles. The Morgan fingerprint density at radius 3 is 2.38 bits per heavy atom. The van der Waals surface area contributed by atoms with Crippen LogP contribution in [0.5, 0.6) is 0 Å². The molecule has 4 fully saturated rings. The second-order valence-electron chi connectivity index (χ2n) is 7.54. The van der Waals surface area contributed by atoms with E-state index in [0.717, 1.165) is 29.6 Å². The van der Waals surface area contributed by atoms with Crippen molar-refractivity contribution < 1.29 is 0 Å². The van der Waals surface area contributed by atoms with Crippen molar-refractivity contribution in [3.63, 3.8) is 0 Å². The van der Waals surface area contributed by atoms with E-state index in [9.17, 15) is 0 Å². The molecular formula is C17H24N4. The average Bonchev–Trinajstić information content (AvgIpc) is 3.08. The van der Waals surface area contributed by atoms with Gasteiger partial charge < -0.3 is 4.90 Å². The SMILES string of the molecule is c1nc(C2CC2)cc(N2CC(N3CC4CCCC4C3)C2)n1. The molecule has 2 aliphatic carbocycles. The highest BCUT2D eigenvalue weighted by atomic mass is 15.3. The largest absolute Gasteiger partial charge is 0.353 e. The van der Waals surface area contributed by atoms with Crippen molar-refractivity contribution in [3.05, 3.63) is 18.1 Å². The zero-order valence-electron chi connectivity index (χ0n) is 12.6. The highest BCUT2D eigenvalue weighted by Crippen LogP contribution is 2.41. The smallest absolute Gasteiger partial charge is 0.132 e. The number of rotatable bonds is 3. The molecule has 0 N–H and O–H groups in total. The van der Waals surface area contributed by atoms with E-state index in [1.807, 2.05) is 0 Å². The van der Waals surface area contributed by atoms with Gasteiger partial charge in [-0.15, -0.1) is 0 Å². The van der Waals surface area contributed by atoms with Crippen LogP contribution < -0.4 is 4.90 Å². The monoisotopic (exact) mass is 284 g/mol. The molecule has 0 aromatic carbocycles. The fourth-order valence-corrected chi connectivity index (χ4v) is 4.58. The molecule has 2 saturated carbocycles. The second kappa shape index (κ2) is 4.67. The second-order valence-corrected chi connectivity index (χ2v) is 7.54. The molecule has 2 unspecified atom stereocenters. The van der Waals surface area contributed by atoms with Gasteiger partial charge in [0.25, 0.3) is 0 Å². The van der Waals surface area contributed by atoms with Crippen LogP contribution in [0.2, 0.25) is 0 Å². The van der Waals surface area contributed by atoms with Crippen molar-refractivity contribution >= 4 is 5.82 Å². The molecule has 0 spiro atoms. The summed E-state index contributed by atoms with van der Waals surface area (Å²) in [6.07, 6.45) is 8.83. The maximum absolute atomic E-state index is 4.49. The maximum atomic E-state index is 4.49. The van der Waals surface area contributed by atoms with Gasteiger partial charge in [0.15, 0.2) is 0 Å². The number of hydrogen-bond acceptors (Lipinski definition) is 4. The summed E-state index contributed by atoms with van der Waals surface area (Å²) in [6, 6.07) is 3.00. The summed E-state index contributed by atoms with van der Waals surface area (Å²) in [5, 5.41) is 0. The van der Waals surface area contributed by atoms with Gasteiger partial charge in [-0.2, -0.15) is 0 Å². The van der Waals surface area contributed by atoms with Crippen LogP contribution in [0.15, 0.2) is 12.4 Å². The summed E-state index contributed by atoms with van der Waals surface area (Å²) >= 11 is 0. The van der Waals surface area contributed by atoms with Crippen LogP contribution in [0.3, 0.4) is 0 Å². The molecule has 4 nitrogen and oxygen atoms in total. The Balaban J connectivity index is 1.22. The van der Waals surface area contributed by atoms with Gasteiger partial charge in [0.05, 0.1) is 0 Å². The van der Waals surface area contributed by atoms with Gasteiger partial charge in [0, 0.05) is 49.9 Å². The van der Waals surface area contributed by atoms with Gasteiger partial charge in [-0.3, -0.25) is 4.90 Å². The molecular weight excluding hydrogens is 260 g/mol. The van der Waals surface area contributed by atoms with Crippen LogP contribution in [0.4, 0.5) is 5.82 Å². The van der Waals surface area contributed by atoms with E-state index >= 15 is 0 Å². The van der Waals surface area contributed by atoms with Crippen LogP contribution in [0.25, 0.3) is 0 Å². The number of nitrogens with zero attached hydrogens (tertiary/aromatic N) is 4. The number of hydrogen-bond donors (Lipinski definition) is 0. The highest BCUT2D eigenvalue weighted by molar-refractivity contribution is 5.44. The van der Waals surface area contributed by atoms with E-state index in [4.69, 9.17) is 0 Å². The Kier molecular flexibility index (Phi) is 2.75. The van der Waals surface area contributed by atoms with E-state index < -0.39 is 0 Å². The number of aromatic nitrogens is 2. The Morgan fingerprint density at radius 2 is 1.67 bits per heavy atom. The minimum Gasteiger partial charge on any atom is -0.353 e. The number of likely N-dealkylation sites (tertiary alicyclic amines) is 1. The first-order valence-corrected chi connectivity index (χ1v) is 8.68. The summed E-state index contributed by atoms with van der Waals surface area (Å²) in [5.41, 5.74) is 1.26. The van der Waals surface area contributed by atoms with Crippen LogP contribution in [0.1, 0.15) is 43.7 Å². The van der Waals surface area contributed by atoms with Gasteiger partial charge >= 0.3 is 0 Å². The van der Waals surface area contributed by atoms with Gasteiger partial charge in [-0.1, -0.05) is 6.42 Å². The Hall–Kier alpha value is -1.16. The van der Waals surface area contributed by atoms with Crippen molar-refractivity contribution in [3.8, 4) is 0 Å². The zero-order valence-corrected chi connectivity index (χ0v) is 12.6. The number of fused-ring (bicyclic) bond motifs is 1. The first-order valence-electron chi connectivity index (χ1n) is 8.68. The van der Waals surface area contributed by atoms with Crippen molar-refractivity contribution in [2.45, 2.75) is 44.1 Å². The van der Waals surface area contributed by atoms with Gasteiger partial charge in [0.2, 0.25) is 0 Å². The summed E-state index contributed by atoms with van der Waals surface area (Å²) in [6.45, 7) is 5.06. The molecule has 2 aliphatic heterocycles. The minimum absolute atomic E-state index is 0.724. The first kappa shape index (κ1) is 12.4. The third kappa shape index (κ3) is 2.15. The molecule has 2 atom stereocenters. The molecule has 21 heavy (non-hydrogen) atoms. The molecule has 112 valence electrons. The summed E-state index contributed by atoms with van der Waals surface area (Å²) < 4.78 is 0. The third-order valence-corrected chi connectivity index (χ3v) is 6.13. The van der Waals surface area contributed by atoms with Crippen molar-refractivity contribution in [1.82, 2.24) is 14.9 Å². The van der Waals surface area contributed by atoms with Crippen LogP contribution in [0, 0.1) is 11.8 Å². The highest BCUT2D eigenvalue weighted by Gasteiger charge is 2.42. The molecule has 3 heterocycles. The number of anilines is 1. The lowest BCUT2D eigenvalue weighted by Crippen LogP contribution is -2.59. The van der Waals surface area contributed by atoms with Gasteiger partial charge in [-0.05, 0) is 37.5 Å². The summed E-state index contributed by atoms with van der Waals surface area (Å²) in [7, 11) is 0. The predicted molar refractivity (Wildman–Crippen MR) is 82.4 cm³/mol. The third-order valence-electron chi connectivity index (χ3n) is 6.13. The molecule has 0 amide bonds. The van der Waals surface area contributed by atoms with Crippen LogP contribution in [-0.4, -0.2) is 47.1 Å². The molecule has 2 saturated heterocycles. The fourth-order valence-electron chi connectivity index (χ4n) is 4.58. The lowest BCUT2D eigenvalue weighted by Gasteiger charge is -2.45. The molecule has 5 rings (SSSR count). The summed E-state index contributed by atoms with van der Waals surface area (Å²) in [4.78, 5) is 14.1. The van der Waals surface area contributed by atoms with Crippen molar-refractivity contribution in [2.24, 2.45) is 11.8 Å². The lowest BCUT2D eigenvalue weighted by molar-refractivity contribution is 0.190. The molecule has 1 aromatic rings. The Labute approximate surface area is 126 Å². The van der Waals surface area contributed by atoms with Crippen molar-refractivity contribution in [2.75, 3.05) is 31.1 Å². The van der Waals surface area contributed by atoms with Gasteiger partial charge in [-0.25, -0.2) is 9.97 Å². The quantitative estimate of drug-likeness (QED) is 0.852. The van der Waals surface area contributed by atoms with Crippen molar-refractivity contribution in [1.29, 1.82) is 0 Å². The van der Waals surface area contributed by atoms with E-state index in [0.29, 0.717) is 0 Å². The Bertz CT molecular complexity index is 523. The van der Waals surface area contributed by atoms with E-state index in [1.54, 1.807) is 6.33 Å². The predicted octanol–water partition coefficient (Wildman–Crippen LogP) is 2.27. The fraction of sp³-hybridized carbons (Fsp3) is 0.765. The van der Waals surface area contributed by atoms with Crippen LogP contribution >= 0.6 is 0 Å². The standard InChI is InChI=1S/C17H24N4/c1-2-13-7-20(8-14(13)3-1)15-9-21(10-15)17-6-16(12-4-5-12)18-11-19-17/h6,11-15H,1-5,7-10H2.